The summed E-state index contributed by atoms with van der Waals surface area (Å²) in [5.74, 6) is -0.276. The predicted octanol–water partition coefficient (Wildman–Crippen LogP) is 2.70. The van der Waals surface area contributed by atoms with Gasteiger partial charge in [-0.15, -0.1) is 0 Å². The fraction of sp³-hybridized carbons (Fsp3) is 0.261. The summed E-state index contributed by atoms with van der Waals surface area (Å²) in [6, 6.07) is 8.90. The number of methoxy groups -OCH3 is 1. The van der Waals surface area contributed by atoms with Gasteiger partial charge in [0.2, 0.25) is 0 Å². The molecule has 4 rings (SSSR count). The number of carbonyl (C=O) groups is 1. The van der Waals surface area contributed by atoms with E-state index >= 15 is 0 Å². The average Bonchev–Trinajstić information content (AvgIpc) is 3.37. The molecule has 1 atom stereocenters. The molecule has 1 aliphatic rings. The molecule has 0 radical (unpaired) electrons. The Morgan fingerprint density at radius 3 is 2.74 bits per heavy atom. The molecular weight excluding hydrogens is 462 g/mol. The van der Waals surface area contributed by atoms with Crippen LogP contribution in [-0.2, 0) is 9.53 Å². The second-order valence-corrected chi connectivity index (χ2v) is 8.75. The van der Waals surface area contributed by atoms with Gasteiger partial charge in [-0.3, -0.25) is 19.5 Å². The average molecular weight is 484 g/mol. The number of rotatable bonds is 6. The van der Waals surface area contributed by atoms with Gasteiger partial charge in [0, 0.05) is 6.08 Å². The summed E-state index contributed by atoms with van der Waals surface area (Å²) in [6.45, 7) is 5.18. The lowest BCUT2D eigenvalue weighted by molar-refractivity contribution is -0.402. The molecule has 0 saturated heterocycles. The van der Waals surface area contributed by atoms with Crippen LogP contribution in [0.15, 0.2) is 61.9 Å². The third-order valence-electron chi connectivity index (χ3n) is 5.06. The number of esters is 1. The highest BCUT2D eigenvalue weighted by Gasteiger charge is 2.34. The minimum Gasteiger partial charge on any atom is -0.497 e. The summed E-state index contributed by atoms with van der Waals surface area (Å²) in [5.41, 5.74) is 0.901. The minimum atomic E-state index is -0.800. The molecule has 0 fully saturated rings. The van der Waals surface area contributed by atoms with Crippen LogP contribution in [0.2, 0.25) is 0 Å². The number of benzene rings is 1. The number of hydrogen-bond acceptors (Lipinski definition) is 9. The van der Waals surface area contributed by atoms with Crippen molar-refractivity contribution in [1.29, 1.82) is 0 Å². The number of furan rings is 1. The first-order valence-corrected chi connectivity index (χ1v) is 11.1. The van der Waals surface area contributed by atoms with Crippen molar-refractivity contribution in [2.75, 3.05) is 7.11 Å². The van der Waals surface area contributed by atoms with Crippen LogP contribution >= 0.6 is 11.3 Å². The van der Waals surface area contributed by atoms with E-state index in [9.17, 15) is 19.7 Å². The fourth-order valence-electron chi connectivity index (χ4n) is 3.63. The van der Waals surface area contributed by atoms with E-state index in [1.165, 1.54) is 29.9 Å². The van der Waals surface area contributed by atoms with E-state index in [1.54, 1.807) is 45.0 Å². The molecule has 1 aliphatic heterocycles. The van der Waals surface area contributed by atoms with E-state index in [4.69, 9.17) is 13.9 Å². The lowest BCUT2D eigenvalue weighted by atomic mass is 9.95. The van der Waals surface area contributed by atoms with Crippen LogP contribution in [0, 0.1) is 10.1 Å². The molecule has 176 valence electrons. The van der Waals surface area contributed by atoms with Crippen LogP contribution < -0.4 is 19.6 Å². The van der Waals surface area contributed by atoms with E-state index in [0.717, 1.165) is 11.3 Å². The molecule has 1 aromatic carbocycles. The van der Waals surface area contributed by atoms with Gasteiger partial charge >= 0.3 is 11.9 Å². The molecule has 0 saturated carbocycles. The number of hydrogen-bond donors (Lipinski definition) is 0. The third-order valence-corrected chi connectivity index (χ3v) is 6.04. The molecule has 3 heterocycles. The zero-order valence-corrected chi connectivity index (χ0v) is 19.6. The largest absolute Gasteiger partial charge is 0.497 e. The van der Waals surface area contributed by atoms with Crippen LogP contribution in [0.4, 0.5) is 5.88 Å². The van der Waals surface area contributed by atoms with Crippen molar-refractivity contribution in [1.82, 2.24) is 4.57 Å². The Labute approximate surface area is 197 Å². The van der Waals surface area contributed by atoms with Gasteiger partial charge in [-0.05, 0) is 44.5 Å². The van der Waals surface area contributed by atoms with Crippen LogP contribution in [0.1, 0.15) is 38.1 Å². The first-order valence-electron chi connectivity index (χ1n) is 10.3. The molecule has 11 heteroatoms. The van der Waals surface area contributed by atoms with Crippen molar-refractivity contribution in [2.24, 2.45) is 4.99 Å². The molecule has 0 bridgehead atoms. The highest BCUT2D eigenvalue weighted by Crippen LogP contribution is 2.32. The molecule has 34 heavy (non-hydrogen) atoms. The maximum absolute atomic E-state index is 13.5. The van der Waals surface area contributed by atoms with Crippen molar-refractivity contribution in [3.05, 3.63) is 88.8 Å². The number of thiazole rings is 1. The number of allylic oxidation sites excluding steroid dienone is 1. The molecule has 0 spiro atoms. The van der Waals surface area contributed by atoms with E-state index in [-0.39, 0.29) is 22.0 Å². The SMILES string of the molecule is COc1cccc(C2C(C(=O)OC(C)C)=C(C)N=c3s/c(=C/c4ccc([N+](=O)[O-])o4)c(=O)n32)c1. The minimum absolute atomic E-state index is 0.157. The summed E-state index contributed by atoms with van der Waals surface area (Å²) < 4.78 is 17.7. The number of nitro groups is 1. The number of fused-ring (bicyclic) bond motifs is 1. The lowest BCUT2D eigenvalue weighted by Crippen LogP contribution is -2.40. The van der Waals surface area contributed by atoms with Crippen molar-refractivity contribution in [2.45, 2.75) is 32.9 Å². The monoisotopic (exact) mass is 483 g/mol. The van der Waals surface area contributed by atoms with Gasteiger partial charge in [-0.25, -0.2) is 9.79 Å². The predicted molar refractivity (Wildman–Crippen MR) is 123 cm³/mol. The number of aromatic nitrogens is 1. The first-order chi connectivity index (χ1) is 16.2. The van der Waals surface area contributed by atoms with Crippen molar-refractivity contribution >= 4 is 29.3 Å². The summed E-state index contributed by atoms with van der Waals surface area (Å²) >= 11 is 1.10. The number of carbonyl (C=O) groups excluding carboxylic acids is 1. The van der Waals surface area contributed by atoms with Crippen molar-refractivity contribution < 1.29 is 23.6 Å². The first kappa shape index (κ1) is 23.2. The van der Waals surface area contributed by atoms with Crippen LogP contribution in [0.3, 0.4) is 0 Å². The topological polar surface area (TPSA) is 126 Å². The van der Waals surface area contributed by atoms with E-state index in [2.05, 4.69) is 4.99 Å². The summed E-state index contributed by atoms with van der Waals surface area (Å²) in [5, 5.41) is 10.9. The smallest absolute Gasteiger partial charge is 0.433 e. The second-order valence-electron chi connectivity index (χ2n) is 7.75. The Kier molecular flexibility index (Phi) is 6.20. The Morgan fingerprint density at radius 2 is 2.09 bits per heavy atom. The van der Waals surface area contributed by atoms with Gasteiger partial charge < -0.3 is 13.9 Å². The molecule has 3 aromatic rings. The quantitative estimate of drug-likeness (QED) is 0.300. The van der Waals surface area contributed by atoms with E-state index in [1.807, 2.05) is 0 Å². The molecular formula is C23H21N3O7S. The zero-order chi connectivity index (χ0) is 24.6. The molecule has 1 unspecified atom stereocenters. The molecule has 0 aliphatic carbocycles. The van der Waals surface area contributed by atoms with Gasteiger partial charge in [0.15, 0.2) is 4.80 Å². The summed E-state index contributed by atoms with van der Waals surface area (Å²) in [7, 11) is 1.53. The van der Waals surface area contributed by atoms with Gasteiger partial charge in [-0.1, -0.05) is 23.5 Å². The third kappa shape index (κ3) is 4.29. The van der Waals surface area contributed by atoms with Crippen molar-refractivity contribution in [3.63, 3.8) is 0 Å². The Morgan fingerprint density at radius 1 is 1.32 bits per heavy atom. The second kappa shape index (κ2) is 9.10. The van der Waals surface area contributed by atoms with Gasteiger partial charge in [0.25, 0.3) is 5.56 Å². The maximum Gasteiger partial charge on any atom is 0.433 e. The highest BCUT2D eigenvalue weighted by atomic mass is 32.1. The normalized spacial score (nSPS) is 15.8. The summed E-state index contributed by atoms with van der Waals surface area (Å²) in [4.78, 5) is 41.7. The Bertz CT molecular complexity index is 1490. The van der Waals surface area contributed by atoms with Gasteiger partial charge in [-0.2, -0.15) is 0 Å². The van der Waals surface area contributed by atoms with Gasteiger partial charge in [0.05, 0.1) is 41.1 Å². The molecule has 0 N–H and O–H groups in total. The Balaban J connectivity index is 1.93. The van der Waals surface area contributed by atoms with E-state index < -0.39 is 28.4 Å². The lowest BCUT2D eigenvalue weighted by Gasteiger charge is -2.25. The van der Waals surface area contributed by atoms with Gasteiger partial charge in [0.1, 0.15) is 16.4 Å². The zero-order valence-electron chi connectivity index (χ0n) is 18.8. The summed E-state index contributed by atoms with van der Waals surface area (Å²) in [6.07, 6.45) is 1.06. The maximum atomic E-state index is 13.5. The number of nitrogens with zero attached hydrogens (tertiary/aromatic N) is 3. The van der Waals surface area contributed by atoms with Crippen LogP contribution in [-0.4, -0.2) is 28.7 Å². The molecule has 10 nitrogen and oxygen atoms in total. The molecule has 0 amide bonds. The van der Waals surface area contributed by atoms with E-state index in [0.29, 0.717) is 21.8 Å². The van der Waals surface area contributed by atoms with Crippen molar-refractivity contribution in [3.8, 4) is 5.75 Å². The van der Waals surface area contributed by atoms with Crippen LogP contribution in [0.5, 0.6) is 5.75 Å². The Hall–Kier alpha value is -3.99. The highest BCUT2D eigenvalue weighted by molar-refractivity contribution is 7.07. The van der Waals surface area contributed by atoms with Crippen LogP contribution in [0.25, 0.3) is 6.08 Å². The number of ether oxygens (including phenoxy) is 2. The standard InChI is InChI=1S/C23H21N3O7S/c1-12(2)32-22(28)19-13(3)24-23-25(20(19)14-6-5-7-15(10-14)31-4)21(27)17(34-23)11-16-8-9-18(33-16)26(29)30/h5-12,20H,1-4H3/b17-11+. The fourth-order valence-corrected chi connectivity index (χ4v) is 4.66. The molecule has 2 aromatic heterocycles.